The summed E-state index contributed by atoms with van der Waals surface area (Å²) in [5.74, 6) is -0.615. The average molecular weight is 479 g/mol. The van der Waals surface area contributed by atoms with E-state index in [1.165, 1.54) is 16.2 Å². The third kappa shape index (κ3) is 5.94. The van der Waals surface area contributed by atoms with E-state index in [1.54, 1.807) is 22.4 Å². The predicted molar refractivity (Wildman–Crippen MR) is 121 cm³/mol. The summed E-state index contributed by atoms with van der Waals surface area (Å²) in [6.07, 6.45) is -1.72. The minimum absolute atomic E-state index is 0.143. The van der Waals surface area contributed by atoms with Crippen LogP contribution in [0.2, 0.25) is 0 Å². The zero-order chi connectivity index (χ0) is 23.4. The fourth-order valence-corrected chi connectivity index (χ4v) is 4.81. The number of thiophene rings is 1. The molecule has 1 atom stereocenters. The molecule has 1 aliphatic heterocycles. The third-order valence-electron chi connectivity index (χ3n) is 5.75. The van der Waals surface area contributed by atoms with Crippen molar-refractivity contribution in [2.24, 2.45) is 0 Å². The van der Waals surface area contributed by atoms with E-state index in [9.17, 15) is 22.8 Å². The summed E-state index contributed by atoms with van der Waals surface area (Å²) < 4.78 is 38.4. The Kier molecular flexibility index (Phi) is 7.04. The van der Waals surface area contributed by atoms with Gasteiger partial charge in [-0.3, -0.25) is 14.5 Å². The molecule has 33 heavy (non-hydrogen) atoms. The van der Waals surface area contributed by atoms with Gasteiger partial charge in [-0.05, 0) is 29.5 Å². The Labute approximate surface area is 193 Å². The van der Waals surface area contributed by atoms with E-state index in [4.69, 9.17) is 0 Å². The van der Waals surface area contributed by atoms with E-state index in [0.29, 0.717) is 17.8 Å². The number of halogens is 3. The van der Waals surface area contributed by atoms with Gasteiger partial charge in [0.2, 0.25) is 5.91 Å². The number of hydrogen-bond donors (Lipinski definition) is 2. The van der Waals surface area contributed by atoms with Crippen LogP contribution in [0.3, 0.4) is 0 Å². The number of nitrogens with one attached hydrogen (secondary N) is 2. The number of hydrogen-bond acceptors (Lipinski definition) is 4. The van der Waals surface area contributed by atoms with Crippen LogP contribution >= 0.6 is 11.3 Å². The lowest BCUT2D eigenvalue weighted by Crippen LogP contribution is -2.50. The summed E-state index contributed by atoms with van der Waals surface area (Å²) >= 11 is 1.28. The number of nitrogens with zero attached hydrogens (tertiary/aromatic N) is 2. The van der Waals surface area contributed by atoms with Crippen molar-refractivity contribution >= 4 is 34.1 Å². The van der Waals surface area contributed by atoms with Crippen molar-refractivity contribution in [1.82, 2.24) is 20.1 Å². The van der Waals surface area contributed by atoms with Gasteiger partial charge in [0, 0.05) is 49.7 Å². The molecule has 1 saturated heterocycles. The van der Waals surface area contributed by atoms with Gasteiger partial charge in [-0.25, -0.2) is 0 Å². The third-order valence-corrected chi connectivity index (χ3v) is 6.62. The molecule has 1 fully saturated rings. The number of aromatic amines is 1. The van der Waals surface area contributed by atoms with Crippen LogP contribution in [-0.2, 0) is 11.2 Å². The van der Waals surface area contributed by atoms with E-state index in [0.717, 1.165) is 16.5 Å². The van der Waals surface area contributed by atoms with E-state index >= 15 is 0 Å². The molecule has 0 saturated carbocycles. The number of rotatable bonds is 6. The van der Waals surface area contributed by atoms with Crippen LogP contribution in [0.25, 0.3) is 10.9 Å². The monoisotopic (exact) mass is 478 g/mol. The van der Waals surface area contributed by atoms with Crippen molar-refractivity contribution in [3.63, 3.8) is 0 Å². The van der Waals surface area contributed by atoms with Gasteiger partial charge >= 0.3 is 6.18 Å². The zero-order valence-electron chi connectivity index (χ0n) is 17.9. The quantitative estimate of drug-likeness (QED) is 0.568. The number of H-pyrrole nitrogens is 1. The van der Waals surface area contributed by atoms with Gasteiger partial charge in [-0.1, -0.05) is 24.3 Å². The molecule has 2 amide bonds. The van der Waals surface area contributed by atoms with Crippen LogP contribution in [0.4, 0.5) is 13.2 Å². The van der Waals surface area contributed by atoms with Crippen molar-refractivity contribution in [3.05, 3.63) is 58.4 Å². The summed E-state index contributed by atoms with van der Waals surface area (Å²) in [6.45, 7) is -0.0224. The number of fused-ring (bicyclic) bond motifs is 1. The number of aromatic nitrogens is 1. The molecule has 0 spiro atoms. The molecular formula is C23H25F3N4O2S. The highest BCUT2D eigenvalue weighted by molar-refractivity contribution is 7.12. The topological polar surface area (TPSA) is 68.4 Å². The Hall–Kier alpha value is -2.85. The van der Waals surface area contributed by atoms with E-state index in [-0.39, 0.29) is 37.9 Å². The maximum atomic E-state index is 13.5. The molecule has 3 aromatic rings. The van der Waals surface area contributed by atoms with E-state index < -0.39 is 18.8 Å². The first-order valence-electron chi connectivity index (χ1n) is 10.8. The lowest BCUT2D eigenvalue weighted by atomic mass is 10.0. The van der Waals surface area contributed by atoms with Gasteiger partial charge in [0.1, 0.15) is 6.04 Å². The van der Waals surface area contributed by atoms with Crippen LogP contribution in [-0.4, -0.2) is 71.5 Å². The number of alkyl halides is 3. The second-order valence-electron chi connectivity index (χ2n) is 8.14. The smallest absolute Gasteiger partial charge is 0.361 e. The maximum Gasteiger partial charge on any atom is 0.401 e. The number of para-hydroxylation sites is 1. The van der Waals surface area contributed by atoms with Crippen molar-refractivity contribution < 1.29 is 22.8 Å². The molecule has 176 valence electrons. The van der Waals surface area contributed by atoms with Gasteiger partial charge in [-0.15, -0.1) is 11.3 Å². The van der Waals surface area contributed by atoms with Crippen LogP contribution < -0.4 is 5.32 Å². The molecule has 0 bridgehead atoms. The van der Waals surface area contributed by atoms with Crippen LogP contribution in [0.15, 0.2) is 48.0 Å². The predicted octanol–water partition coefficient (Wildman–Crippen LogP) is 3.67. The number of carbonyl (C=O) groups excluding carboxylic acids is 2. The lowest BCUT2D eigenvalue weighted by Gasteiger charge is -2.27. The van der Waals surface area contributed by atoms with Gasteiger partial charge in [0.05, 0.1) is 11.4 Å². The van der Waals surface area contributed by atoms with Gasteiger partial charge < -0.3 is 15.2 Å². The fourth-order valence-electron chi connectivity index (χ4n) is 4.18. The van der Waals surface area contributed by atoms with Crippen LogP contribution in [0, 0.1) is 0 Å². The van der Waals surface area contributed by atoms with Crippen molar-refractivity contribution in [2.45, 2.75) is 25.1 Å². The molecule has 1 unspecified atom stereocenters. The highest BCUT2D eigenvalue weighted by Crippen LogP contribution is 2.21. The first kappa shape index (κ1) is 23.3. The highest BCUT2D eigenvalue weighted by atomic mass is 32.1. The van der Waals surface area contributed by atoms with Crippen LogP contribution in [0.5, 0.6) is 0 Å². The molecule has 4 rings (SSSR count). The second-order valence-corrected chi connectivity index (χ2v) is 9.08. The minimum Gasteiger partial charge on any atom is -0.361 e. The lowest BCUT2D eigenvalue weighted by molar-refractivity contribution is -0.145. The molecule has 0 aliphatic carbocycles. The molecule has 10 heteroatoms. The van der Waals surface area contributed by atoms with E-state index in [2.05, 4.69) is 10.3 Å². The first-order valence-corrected chi connectivity index (χ1v) is 11.7. The largest absolute Gasteiger partial charge is 0.401 e. The standard InChI is InChI=1S/C23H25F3N4O2S/c24-23(25,26)15-29-8-4-9-30(11-10-29)22(32)19(28-21(31)20-7-3-12-33-20)13-16-14-27-18-6-2-1-5-17(16)18/h1-3,5-7,12,14,19,27H,4,8-11,13,15H2,(H,28,31). The minimum atomic E-state index is -4.27. The Morgan fingerprint density at radius 1 is 1.09 bits per heavy atom. The first-order chi connectivity index (χ1) is 15.8. The SMILES string of the molecule is O=C(NC(Cc1c[nH]c2ccccc12)C(=O)N1CCCN(CC(F)(F)F)CC1)c1cccs1. The maximum absolute atomic E-state index is 13.5. The molecule has 6 nitrogen and oxygen atoms in total. The Morgan fingerprint density at radius 2 is 1.91 bits per heavy atom. The van der Waals surface area contributed by atoms with Gasteiger partial charge in [0.15, 0.2) is 0 Å². The number of benzene rings is 1. The molecule has 1 aliphatic rings. The van der Waals surface area contributed by atoms with Crippen molar-refractivity contribution in [1.29, 1.82) is 0 Å². The van der Waals surface area contributed by atoms with Crippen molar-refractivity contribution in [2.75, 3.05) is 32.7 Å². The normalized spacial score (nSPS) is 16.5. The molecule has 2 aromatic heterocycles. The molecular weight excluding hydrogens is 453 g/mol. The van der Waals surface area contributed by atoms with Crippen LogP contribution in [0.1, 0.15) is 21.7 Å². The number of amides is 2. The zero-order valence-corrected chi connectivity index (χ0v) is 18.7. The molecule has 2 N–H and O–H groups in total. The molecule has 3 heterocycles. The Balaban J connectivity index is 1.52. The fraction of sp³-hybridized carbons (Fsp3) is 0.391. The summed E-state index contributed by atoms with van der Waals surface area (Å²) in [5, 5.41) is 5.61. The number of carbonyl (C=O) groups is 2. The Morgan fingerprint density at radius 3 is 2.67 bits per heavy atom. The highest BCUT2D eigenvalue weighted by Gasteiger charge is 2.33. The second kappa shape index (κ2) is 9.96. The van der Waals surface area contributed by atoms with Gasteiger partial charge in [0.25, 0.3) is 5.91 Å². The van der Waals surface area contributed by atoms with E-state index in [1.807, 2.05) is 30.5 Å². The molecule has 1 aromatic carbocycles. The summed E-state index contributed by atoms with van der Waals surface area (Å²) in [6, 6.07) is 10.3. The van der Waals surface area contributed by atoms with Gasteiger partial charge in [-0.2, -0.15) is 13.2 Å². The Bertz CT molecular complexity index is 1100. The average Bonchev–Trinajstić information content (AvgIpc) is 3.39. The summed E-state index contributed by atoms with van der Waals surface area (Å²) in [7, 11) is 0. The summed E-state index contributed by atoms with van der Waals surface area (Å²) in [4.78, 5) is 32.8. The summed E-state index contributed by atoms with van der Waals surface area (Å²) in [5.41, 5.74) is 1.82. The molecule has 0 radical (unpaired) electrons. The van der Waals surface area contributed by atoms with Crippen molar-refractivity contribution in [3.8, 4) is 0 Å².